The van der Waals surface area contributed by atoms with E-state index in [0.29, 0.717) is 39.9 Å². The molecule has 0 aliphatic rings. The molecule has 42 heavy (non-hydrogen) atoms. The Balaban J connectivity index is 1.28. The van der Waals surface area contributed by atoms with Gasteiger partial charge in [-0.2, -0.15) is 10.1 Å². The number of carbonyl (C=O) groups excluding carboxylic acids is 2. The van der Waals surface area contributed by atoms with E-state index in [1.807, 2.05) is 19.9 Å². The van der Waals surface area contributed by atoms with Gasteiger partial charge in [0.15, 0.2) is 0 Å². The number of nitrogens with zero attached hydrogens (tertiary/aromatic N) is 5. The molecule has 0 fully saturated rings. The number of rotatable bonds is 8. The van der Waals surface area contributed by atoms with Crippen LogP contribution in [0.4, 0.5) is 22.0 Å². The molecule has 0 aliphatic carbocycles. The molecule has 0 atom stereocenters. The zero-order chi connectivity index (χ0) is 29.6. The fraction of sp³-hybridized carbons (Fsp3) is 0.133. The third-order valence-corrected chi connectivity index (χ3v) is 6.28. The van der Waals surface area contributed by atoms with Crippen molar-refractivity contribution in [1.29, 1.82) is 0 Å². The maximum absolute atomic E-state index is 12.8. The van der Waals surface area contributed by atoms with Crippen LogP contribution in [0, 0.1) is 13.8 Å². The van der Waals surface area contributed by atoms with Crippen molar-refractivity contribution < 1.29 is 14.3 Å². The number of para-hydroxylation sites is 2. The van der Waals surface area contributed by atoms with E-state index in [1.165, 1.54) is 0 Å². The Bertz CT molecular complexity index is 1750. The minimum Gasteiger partial charge on any atom is -0.495 e. The number of nitrogen functional groups attached to an aromatic ring is 1. The van der Waals surface area contributed by atoms with E-state index >= 15 is 0 Å². The molecule has 0 saturated heterocycles. The lowest BCUT2D eigenvalue weighted by molar-refractivity contribution is 0.102. The lowest BCUT2D eigenvalue weighted by atomic mass is 10.1. The minimum absolute atomic E-state index is 0.224. The summed E-state index contributed by atoms with van der Waals surface area (Å²) in [6, 6.07) is 18.8. The number of hydrogen-bond donors (Lipinski definition) is 4. The Labute approximate surface area is 242 Å². The van der Waals surface area contributed by atoms with E-state index in [-0.39, 0.29) is 18.3 Å². The van der Waals surface area contributed by atoms with Gasteiger partial charge < -0.3 is 21.1 Å². The average Bonchev–Trinajstić information content (AvgIpc) is 3.34. The van der Waals surface area contributed by atoms with E-state index < -0.39 is 6.03 Å². The highest BCUT2D eigenvalue weighted by molar-refractivity contribution is 6.05. The normalized spacial score (nSPS) is 10.6. The largest absolute Gasteiger partial charge is 0.495 e. The van der Waals surface area contributed by atoms with Gasteiger partial charge in [0.1, 0.15) is 11.6 Å². The molecule has 5 aromatic rings. The van der Waals surface area contributed by atoms with E-state index in [2.05, 4.69) is 36.0 Å². The predicted octanol–water partition coefficient (Wildman–Crippen LogP) is 4.51. The molecule has 0 aliphatic heterocycles. The fourth-order valence-electron chi connectivity index (χ4n) is 4.17. The lowest BCUT2D eigenvalue weighted by Gasteiger charge is -2.12. The summed E-state index contributed by atoms with van der Waals surface area (Å²) in [7, 11) is 1.56. The zero-order valence-corrected chi connectivity index (χ0v) is 23.3. The van der Waals surface area contributed by atoms with Crippen molar-refractivity contribution in [2.24, 2.45) is 0 Å². The SMILES string of the molecule is COc1cncc(-c2cc(NC(=O)NCc3ccc(C(=O)Nc4ccccc4N)cc3)nc(-n3nc(C)cc3C)n2)c1. The molecule has 0 spiro atoms. The standard InChI is InChI=1S/C30H29N9O3/c1-18-12-19(2)39(38-18)29-35-26(22-13-23(42-3)17-32-16-22)14-27(36-29)37-30(41)33-15-20-8-10-21(11-9-20)28(40)34-25-7-5-4-6-24(25)31/h4-14,16-17H,15,31H2,1-3H3,(H,34,40)(H2,33,35,36,37,41). The molecule has 2 aromatic carbocycles. The molecule has 0 radical (unpaired) electrons. The Morgan fingerprint density at radius 3 is 2.45 bits per heavy atom. The first-order valence-corrected chi connectivity index (χ1v) is 13.0. The van der Waals surface area contributed by atoms with Crippen LogP contribution in [-0.4, -0.2) is 43.8 Å². The van der Waals surface area contributed by atoms with E-state index in [9.17, 15) is 9.59 Å². The van der Waals surface area contributed by atoms with Gasteiger partial charge in [-0.25, -0.2) is 14.5 Å². The molecule has 5 N–H and O–H groups in total. The summed E-state index contributed by atoms with van der Waals surface area (Å²) in [4.78, 5) is 38.8. The van der Waals surface area contributed by atoms with Crippen molar-refractivity contribution in [3.8, 4) is 23.0 Å². The highest BCUT2D eigenvalue weighted by Crippen LogP contribution is 2.24. The number of aromatic nitrogens is 5. The first kappa shape index (κ1) is 27.8. The highest BCUT2D eigenvalue weighted by atomic mass is 16.5. The summed E-state index contributed by atoms with van der Waals surface area (Å²) in [6.45, 7) is 4.00. The van der Waals surface area contributed by atoms with Gasteiger partial charge in [-0.05, 0) is 55.8 Å². The molecular weight excluding hydrogens is 534 g/mol. The van der Waals surface area contributed by atoms with Crippen molar-refractivity contribution in [2.75, 3.05) is 23.5 Å². The maximum Gasteiger partial charge on any atom is 0.320 e. The van der Waals surface area contributed by atoms with Crippen molar-refractivity contribution in [3.05, 3.63) is 102 Å². The van der Waals surface area contributed by atoms with Crippen LogP contribution in [0.3, 0.4) is 0 Å². The summed E-state index contributed by atoms with van der Waals surface area (Å²) in [6.07, 6.45) is 3.25. The van der Waals surface area contributed by atoms with Crippen LogP contribution in [0.2, 0.25) is 0 Å². The number of nitrogens with one attached hydrogen (secondary N) is 3. The number of carbonyl (C=O) groups is 2. The fourth-order valence-corrected chi connectivity index (χ4v) is 4.17. The zero-order valence-electron chi connectivity index (χ0n) is 23.3. The number of nitrogens with two attached hydrogens (primary N) is 1. The molecule has 3 heterocycles. The second-order valence-corrected chi connectivity index (χ2v) is 9.44. The van der Waals surface area contributed by atoms with Crippen LogP contribution < -0.4 is 26.4 Å². The number of anilines is 3. The maximum atomic E-state index is 12.8. The molecule has 12 heteroatoms. The summed E-state index contributed by atoms with van der Waals surface area (Å²) < 4.78 is 6.91. The van der Waals surface area contributed by atoms with Gasteiger partial charge >= 0.3 is 6.03 Å². The molecular formula is C30H29N9O3. The molecule has 3 aromatic heterocycles. The van der Waals surface area contributed by atoms with Gasteiger partial charge in [-0.15, -0.1) is 0 Å². The minimum atomic E-state index is -0.468. The topological polar surface area (TPSA) is 162 Å². The average molecular weight is 564 g/mol. The van der Waals surface area contributed by atoms with Crippen LogP contribution in [0.15, 0.2) is 79.1 Å². The Kier molecular flexibility index (Phi) is 8.05. The number of benzene rings is 2. The third-order valence-electron chi connectivity index (χ3n) is 6.28. The summed E-state index contributed by atoms with van der Waals surface area (Å²) in [5.74, 6) is 0.852. The number of ether oxygens (including phenoxy) is 1. The van der Waals surface area contributed by atoms with Crippen LogP contribution in [0.1, 0.15) is 27.3 Å². The first-order valence-electron chi connectivity index (χ1n) is 13.0. The van der Waals surface area contributed by atoms with Crippen LogP contribution in [-0.2, 0) is 6.54 Å². The van der Waals surface area contributed by atoms with Gasteiger partial charge in [-0.1, -0.05) is 24.3 Å². The quantitative estimate of drug-likeness (QED) is 0.201. The van der Waals surface area contributed by atoms with Crippen molar-refractivity contribution in [2.45, 2.75) is 20.4 Å². The van der Waals surface area contributed by atoms with Crippen LogP contribution in [0.5, 0.6) is 5.75 Å². The summed E-state index contributed by atoms with van der Waals surface area (Å²) >= 11 is 0. The van der Waals surface area contributed by atoms with Crippen molar-refractivity contribution >= 4 is 29.1 Å². The van der Waals surface area contributed by atoms with Gasteiger partial charge in [0.05, 0.1) is 36.1 Å². The van der Waals surface area contributed by atoms with Gasteiger partial charge in [0, 0.05) is 35.6 Å². The molecule has 0 bridgehead atoms. The number of hydrogen-bond acceptors (Lipinski definition) is 8. The lowest BCUT2D eigenvalue weighted by Crippen LogP contribution is -2.29. The Morgan fingerprint density at radius 1 is 0.952 bits per heavy atom. The van der Waals surface area contributed by atoms with Crippen molar-refractivity contribution in [1.82, 2.24) is 30.0 Å². The second-order valence-electron chi connectivity index (χ2n) is 9.44. The molecule has 5 rings (SSSR count). The first-order chi connectivity index (χ1) is 20.3. The predicted molar refractivity (Wildman–Crippen MR) is 160 cm³/mol. The summed E-state index contributed by atoms with van der Waals surface area (Å²) in [5.41, 5.74) is 11.1. The monoisotopic (exact) mass is 563 g/mol. The Hall–Kier alpha value is -5.78. The van der Waals surface area contributed by atoms with Crippen LogP contribution in [0.25, 0.3) is 17.2 Å². The number of pyridine rings is 1. The number of methoxy groups -OCH3 is 1. The summed E-state index contributed by atoms with van der Waals surface area (Å²) in [5, 5.41) is 12.9. The van der Waals surface area contributed by atoms with E-state index in [4.69, 9.17) is 10.5 Å². The van der Waals surface area contributed by atoms with Gasteiger partial charge in [0.25, 0.3) is 11.9 Å². The molecule has 0 unspecified atom stereocenters. The highest BCUT2D eigenvalue weighted by Gasteiger charge is 2.14. The number of amides is 3. The number of aryl methyl sites for hydroxylation is 2. The molecule has 12 nitrogen and oxygen atoms in total. The van der Waals surface area contributed by atoms with Gasteiger partial charge in [-0.3, -0.25) is 15.1 Å². The molecule has 212 valence electrons. The number of urea groups is 1. The van der Waals surface area contributed by atoms with Crippen LogP contribution >= 0.6 is 0 Å². The van der Waals surface area contributed by atoms with Gasteiger partial charge in [0.2, 0.25) is 0 Å². The van der Waals surface area contributed by atoms with E-state index in [0.717, 1.165) is 17.0 Å². The van der Waals surface area contributed by atoms with Crippen molar-refractivity contribution in [3.63, 3.8) is 0 Å². The molecule has 0 saturated carbocycles. The smallest absolute Gasteiger partial charge is 0.320 e. The van der Waals surface area contributed by atoms with E-state index in [1.54, 1.807) is 84.8 Å². The second kappa shape index (κ2) is 12.2. The Morgan fingerprint density at radius 2 is 1.74 bits per heavy atom. The third kappa shape index (κ3) is 6.50. The molecule has 3 amide bonds.